The minimum Gasteiger partial charge on any atom is -0.496 e. The Morgan fingerprint density at radius 3 is 2.42 bits per heavy atom. The Kier molecular flexibility index (Phi) is 6.07. The molecular formula is C19H23NO4. The standard InChI is InChI=1S/C19H23NO4/c1-13-8-9-16(22-2)14(12-13)10-11-20-19(21)15-6-5-7-17(23-3)18(15)24-4/h5-9,12H,10-11H2,1-4H3,(H,20,21). The van der Waals surface area contributed by atoms with Crippen molar-refractivity contribution >= 4 is 5.91 Å². The van der Waals surface area contributed by atoms with Gasteiger partial charge in [0.1, 0.15) is 5.75 Å². The highest BCUT2D eigenvalue weighted by Gasteiger charge is 2.16. The van der Waals surface area contributed by atoms with E-state index in [9.17, 15) is 4.79 Å². The van der Waals surface area contributed by atoms with E-state index in [-0.39, 0.29) is 5.91 Å². The topological polar surface area (TPSA) is 56.8 Å². The summed E-state index contributed by atoms with van der Waals surface area (Å²) >= 11 is 0. The molecular weight excluding hydrogens is 306 g/mol. The summed E-state index contributed by atoms with van der Waals surface area (Å²) in [6.45, 7) is 2.53. The van der Waals surface area contributed by atoms with Gasteiger partial charge in [0.05, 0.1) is 26.9 Å². The van der Waals surface area contributed by atoms with Crippen LogP contribution in [0.4, 0.5) is 0 Å². The first-order chi connectivity index (χ1) is 11.6. The predicted octanol–water partition coefficient (Wildman–Crippen LogP) is 2.99. The van der Waals surface area contributed by atoms with E-state index in [0.717, 1.165) is 16.9 Å². The van der Waals surface area contributed by atoms with Gasteiger partial charge in [0.25, 0.3) is 5.91 Å². The van der Waals surface area contributed by atoms with Gasteiger partial charge in [-0.3, -0.25) is 4.79 Å². The summed E-state index contributed by atoms with van der Waals surface area (Å²) in [6.07, 6.45) is 0.683. The molecule has 2 aromatic rings. The fourth-order valence-electron chi connectivity index (χ4n) is 2.57. The van der Waals surface area contributed by atoms with Crippen molar-refractivity contribution in [3.63, 3.8) is 0 Å². The number of hydrogen-bond donors (Lipinski definition) is 1. The molecule has 1 N–H and O–H groups in total. The Hall–Kier alpha value is -2.69. The molecule has 0 aliphatic rings. The molecule has 0 bridgehead atoms. The second-order valence-electron chi connectivity index (χ2n) is 5.36. The summed E-state index contributed by atoms with van der Waals surface area (Å²) in [4.78, 5) is 12.4. The van der Waals surface area contributed by atoms with Crippen LogP contribution in [0.1, 0.15) is 21.5 Å². The summed E-state index contributed by atoms with van der Waals surface area (Å²) in [5, 5.41) is 2.91. The summed E-state index contributed by atoms with van der Waals surface area (Å²) in [7, 11) is 4.71. The number of para-hydroxylation sites is 1. The lowest BCUT2D eigenvalue weighted by Crippen LogP contribution is -2.26. The van der Waals surface area contributed by atoms with E-state index in [1.54, 1.807) is 32.4 Å². The van der Waals surface area contributed by atoms with Crippen molar-refractivity contribution in [2.75, 3.05) is 27.9 Å². The molecule has 0 heterocycles. The molecule has 0 saturated carbocycles. The molecule has 5 heteroatoms. The van der Waals surface area contributed by atoms with Gasteiger partial charge in [-0.25, -0.2) is 0 Å². The highest BCUT2D eigenvalue weighted by atomic mass is 16.5. The molecule has 128 valence electrons. The van der Waals surface area contributed by atoms with Gasteiger partial charge >= 0.3 is 0 Å². The van der Waals surface area contributed by atoms with Crippen molar-refractivity contribution in [3.8, 4) is 17.2 Å². The maximum absolute atomic E-state index is 12.4. The van der Waals surface area contributed by atoms with Crippen LogP contribution in [-0.4, -0.2) is 33.8 Å². The molecule has 0 spiro atoms. The highest BCUT2D eigenvalue weighted by Crippen LogP contribution is 2.30. The van der Waals surface area contributed by atoms with E-state index in [1.165, 1.54) is 7.11 Å². The third-order valence-corrected chi connectivity index (χ3v) is 3.76. The fraction of sp³-hybridized carbons (Fsp3) is 0.316. The molecule has 1 amide bonds. The van der Waals surface area contributed by atoms with E-state index in [4.69, 9.17) is 14.2 Å². The van der Waals surface area contributed by atoms with Crippen molar-refractivity contribution in [3.05, 3.63) is 53.1 Å². The van der Waals surface area contributed by atoms with E-state index in [1.807, 2.05) is 19.1 Å². The van der Waals surface area contributed by atoms with E-state index in [0.29, 0.717) is 30.0 Å². The molecule has 2 aromatic carbocycles. The van der Waals surface area contributed by atoms with Gasteiger partial charge in [0, 0.05) is 6.54 Å². The monoisotopic (exact) mass is 329 g/mol. The minimum absolute atomic E-state index is 0.197. The first-order valence-electron chi connectivity index (χ1n) is 7.73. The summed E-state index contributed by atoms with van der Waals surface area (Å²) in [6, 6.07) is 11.2. The Labute approximate surface area is 142 Å². The number of nitrogens with one attached hydrogen (secondary N) is 1. The normalized spacial score (nSPS) is 10.2. The molecule has 0 radical (unpaired) electrons. The summed E-state index contributed by atoms with van der Waals surface area (Å²) in [5.74, 6) is 1.60. The van der Waals surface area contributed by atoms with Crippen LogP contribution < -0.4 is 19.5 Å². The SMILES string of the molecule is COc1ccc(C)cc1CCNC(=O)c1cccc(OC)c1OC. The van der Waals surface area contributed by atoms with Crippen molar-refractivity contribution in [1.29, 1.82) is 0 Å². The van der Waals surface area contributed by atoms with Gasteiger partial charge < -0.3 is 19.5 Å². The largest absolute Gasteiger partial charge is 0.496 e. The van der Waals surface area contributed by atoms with Crippen molar-refractivity contribution in [2.24, 2.45) is 0 Å². The quantitative estimate of drug-likeness (QED) is 0.848. The van der Waals surface area contributed by atoms with Crippen LogP contribution in [0.15, 0.2) is 36.4 Å². The fourth-order valence-corrected chi connectivity index (χ4v) is 2.57. The lowest BCUT2D eigenvalue weighted by atomic mass is 10.1. The van der Waals surface area contributed by atoms with Crippen LogP contribution in [0.25, 0.3) is 0 Å². The number of benzene rings is 2. The predicted molar refractivity (Wildman–Crippen MR) is 93.3 cm³/mol. The molecule has 0 aliphatic carbocycles. The van der Waals surface area contributed by atoms with Crippen LogP contribution in [0, 0.1) is 6.92 Å². The number of ether oxygens (including phenoxy) is 3. The van der Waals surface area contributed by atoms with E-state index in [2.05, 4.69) is 11.4 Å². The molecule has 0 atom stereocenters. The Bertz CT molecular complexity index is 713. The Balaban J connectivity index is 2.06. The minimum atomic E-state index is -0.197. The number of carbonyl (C=O) groups excluding carboxylic acids is 1. The van der Waals surface area contributed by atoms with Crippen LogP contribution in [0.2, 0.25) is 0 Å². The smallest absolute Gasteiger partial charge is 0.255 e. The number of methoxy groups -OCH3 is 3. The molecule has 5 nitrogen and oxygen atoms in total. The lowest BCUT2D eigenvalue weighted by Gasteiger charge is -2.13. The average molecular weight is 329 g/mol. The zero-order chi connectivity index (χ0) is 17.5. The van der Waals surface area contributed by atoms with Gasteiger partial charge in [-0.15, -0.1) is 0 Å². The first kappa shape index (κ1) is 17.7. The van der Waals surface area contributed by atoms with Crippen LogP contribution in [0.5, 0.6) is 17.2 Å². The lowest BCUT2D eigenvalue weighted by molar-refractivity contribution is 0.0950. The number of rotatable bonds is 7. The second kappa shape index (κ2) is 8.24. The van der Waals surface area contributed by atoms with Crippen molar-refractivity contribution in [2.45, 2.75) is 13.3 Å². The maximum Gasteiger partial charge on any atom is 0.255 e. The van der Waals surface area contributed by atoms with Crippen molar-refractivity contribution in [1.82, 2.24) is 5.32 Å². The molecule has 0 aromatic heterocycles. The van der Waals surface area contributed by atoms with Gasteiger partial charge in [-0.2, -0.15) is 0 Å². The second-order valence-corrected chi connectivity index (χ2v) is 5.36. The summed E-state index contributed by atoms with van der Waals surface area (Å²) in [5.41, 5.74) is 2.68. The van der Waals surface area contributed by atoms with Gasteiger partial charge in [0.2, 0.25) is 0 Å². The maximum atomic E-state index is 12.4. The van der Waals surface area contributed by atoms with Gasteiger partial charge in [-0.05, 0) is 37.1 Å². The molecule has 0 fully saturated rings. The van der Waals surface area contributed by atoms with Gasteiger partial charge in [0.15, 0.2) is 11.5 Å². The zero-order valence-electron chi connectivity index (χ0n) is 14.5. The van der Waals surface area contributed by atoms with Gasteiger partial charge in [-0.1, -0.05) is 23.8 Å². The zero-order valence-corrected chi connectivity index (χ0v) is 14.5. The third-order valence-electron chi connectivity index (χ3n) is 3.76. The number of carbonyl (C=O) groups is 1. The van der Waals surface area contributed by atoms with E-state index >= 15 is 0 Å². The van der Waals surface area contributed by atoms with Crippen LogP contribution >= 0.6 is 0 Å². The number of aryl methyl sites for hydroxylation is 1. The molecule has 2 rings (SSSR count). The third kappa shape index (κ3) is 3.98. The van der Waals surface area contributed by atoms with Crippen molar-refractivity contribution < 1.29 is 19.0 Å². The summed E-state index contributed by atoms with van der Waals surface area (Å²) < 4.78 is 15.9. The Morgan fingerprint density at radius 2 is 1.75 bits per heavy atom. The number of amides is 1. The molecule has 0 aliphatic heterocycles. The first-order valence-corrected chi connectivity index (χ1v) is 7.73. The average Bonchev–Trinajstić information content (AvgIpc) is 2.60. The van der Waals surface area contributed by atoms with Crippen LogP contribution in [0.3, 0.4) is 0 Å². The number of hydrogen-bond acceptors (Lipinski definition) is 4. The Morgan fingerprint density at radius 1 is 1.00 bits per heavy atom. The highest BCUT2D eigenvalue weighted by molar-refractivity contribution is 5.97. The molecule has 0 saturated heterocycles. The molecule has 0 unspecified atom stereocenters. The van der Waals surface area contributed by atoms with E-state index < -0.39 is 0 Å². The van der Waals surface area contributed by atoms with Crippen LogP contribution in [-0.2, 0) is 6.42 Å². The molecule has 24 heavy (non-hydrogen) atoms.